The Morgan fingerprint density at radius 2 is 0.610 bits per heavy atom. The molecule has 14 nitrogen and oxygen atoms in total. The number of carbonyl (C=O) groups is 1. The van der Waals surface area contributed by atoms with Crippen molar-refractivity contribution < 1.29 is 64.6 Å². The van der Waals surface area contributed by atoms with Crippen LogP contribution in [0.3, 0.4) is 0 Å². The molecule has 2 aliphatic heterocycles. The summed E-state index contributed by atoms with van der Waals surface area (Å²) in [6.45, 7) is 2.85. The summed E-state index contributed by atoms with van der Waals surface area (Å²) in [6, 6.07) is -0.940. The third kappa shape index (κ3) is 56.8. The van der Waals surface area contributed by atoms with Gasteiger partial charge in [0.2, 0.25) is 5.91 Å². The monoisotopic (exact) mass is 1490 g/mol. The van der Waals surface area contributed by atoms with E-state index in [9.17, 15) is 45.6 Å². The van der Waals surface area contributed by atoms with Crippen molar-refractivity contribution in [3.05, 3.63) is 48.6 Å². The van der Waals surface area contributed by atoms with Gasteiger partial charge in [0.25, 0.3) is 0 Å². The number of allylic oxidation sites excluding steroid dienone is 7. The van der Waals surface area contributed by atoms with Crippen molar-refractivity contribution in [3.8, 4) is 0 Å². The SMILES string of the molecule is CCCCCCCCCC/C=C\CCCCCCCCCCCCCCCCCCCCCCCCCCCCCCCC(=O)NC(COC1OC(CO)C(OC2OC(CO)C(O)C(O)C2O)C(O)C1O)C(O)/C=C/CC/C=C/CC/C=C/CCCCCCCCCCCCCCCCCCCCCC. The van der Waals surface area contributed by atoms with Gasteiger partial charge in [-0.3, -0.25) is 4.79 Å². The molecule has 0 aliphatic carbocycles. The predicted octanol–water partition coefficient (Wildman–Crippen LogP) is 22.1. The first kappa shape index (κ1) is 99.0. The number of amides is 1. The molecule has 618 valence electrons. The first-order chi connectivity index (χ1) is 51.6. The third-order valence-electron chi connectivity index (χ3n) is 22.2. The van der Waals surface area contributed by atoms with E-state index in [2.05, 4.69) is 55.6 Å². The van der Waals surface area contributed by atoms with Crippen molar-refractivity contribution in [3.63, 3.8) is 0 Å². The minimum atomic E-state index is -1.79. The molecule has 0 spiro atoms. The van der Waals surface area contributed by atoms with Crippen LogP contribution in [0.1, 0.15) is 431 Å². The molecule has 2 rings (SSSR count). The minimum absolute atomic E-state index is 0.244. The number of hydrogen-bond donors (Lipinski definition) is 9. The highest BCUT2D eigenvalue weighted by molar-refractivity contribution is 5.76. The Hall–Kier alpha value is -2.05. The number of aliphatic hydroxyl groups is 8. The largest absolute Gasteiger partial charge is 0.394 e. The highest BCUT2D eigenvalue weighted by Gasteiger charge is 2.51. The fourth-order valence-electron chi connectivity index (χ4n) is 15.1. The Morgan fingerprint density at radius 1 is 0.333 bits per heavy atom. The van der Waals surface area contributed by atoms with Crippen LogP contribution >= 0.6 is 0 Å². The van der Waals surface area contributed by atoms with E-state index in [1.807, 2.05) is 6.08 Å². The standard InChI is InChI=1S/C91H171NO13/c1-3-5-7-9-11-13-15-17-19-21-23-25-27-29-31-33-35-36-37-38-39-40-41-42-43-44-45-47-49-51-53-55-57-59-61-63-65-67-69-71-73-75-83(96)92-79(78-102-90-88(101)86(99)89(82(77-94)104-90)105-91-87(100)85(98)84(97)81(76-93)103-91)80(95)74-72-70-68-66-64-62-60-58-56-54-52-50-48-46-34-32-30-28-26-24-22-20-18-16-14-12-10-8-6-4-2/h21,23,56,58,64,66,72,74,79-82,84-91,93-95,97-101H,3-20,22,24-55,57,59-63,65,67-71,73,75-78H2,1-2H3,(H,92,96)/b23-21-,58-56+,66-64+,74-72+. The number of hydrogen-bond acceptors (Lipinski definition) is 13. The van der Waals surface area contributed by atoms with Crippen molar-refractivity contribution in [2.45, 2.75) is 505 Å². The zero-order valence-electron chi connectivity index (χ0n) is 68.2. The molecule has 0 saturated carbocycles. The van der Waals surface area contributed by atoms with Crippen molar-refractivity contribution >= 4 is 5.91 Å². The lowest BCUT2D eigenvalue weighted by Gasteiger charge is -2.46. The van der Waals surface area contributed by atoms with Crippen molar-refractivity contribution in [1.82, 2.24) is 5.32 Å². The average molecular weight is 1490 g/mol. The molecule has 14 heteroatoms. The van der Waals surface area contributed by atoms with E-state index in [0.717, 1.165) is 44.9 Å². The van der Waals surface area contributed by atoms with Gasteiger partial charge in [0.15, 0.2) is 12.6 Å². The molecule has 0 aromatic rings. The van der Waals surface area contributed by atoms with Gasteiger partial charge in [0.1, 0.15) is 48.8 Å². The Morgan fingerprint density at radius 3 is 0.933 bits per heavy atom. The molecule has 0 radical (unpaired) electrons. The molecular formula is C91H171NO13. The Bertz CT molecular complexity index is 1950. The van der Waals surface area contributed by atoms with E-state index in [0.29, 0.717) is 12.8 Å². The number of aliphatic hydroxyl groups excluding tert-OH is 8. The summed E-state index contributed by atoms with van der Waals surface area (Å²) in [4.78, 5) is 13.4. The van der Waals surface area contributed by atoms with Crippen LogP contribution in [0.5, 0.6) is 0 Å². The number of ether oxygens (including phenoxy) is 4. The first-order valence-electron chi connectivity index (χ1n) is 45.4. The summed E-state index contributed by atoms with van der Waals surface area (Å²) < 4.78 is 22.9. The first-order valence-corrected chi connectivity index (χ1v) is 45.4. The van der Waals surface area contributed by atoms with Crippen LogP contribution in [-0.2, 0) is 23.7 Å². The Kier molecular flexibility index (Phi) is 70.4. The van der Waals surface area contributed by atoms with E-state index >= 15 is 0 Å². The molecule has 2 aliphatic rings. The van der Waals surface area contributed by atoms with E-state index < -0.39 is 86.8 Å². The van der Waals surface area contributed by atoms with Gasteiger partial charge < -0.3 is 65.1 Å². The highest BCUT2D eigenvalue weighted by Crippen LogP contribution is 2.31. The zero-order chi connectivity index (χ0) is 75.8. The molecule has 9 N–H and O–H groups in total. The molecule has 1 amide bonds. The summed E-state index contributed by atoms with van der Waals surface area (Å²) in [6.07, 6.45) is 85.4. The molecule has 12 atom stereocenters. The van der Waals surface area contributed by atoms with Crippen LogP contribution in [0.4, 0.5) is 0 Å². The smallest absolute Gasteiger partial charge is 0.220 e. The molecule has 2 saturated heterocycles. The lowest BCUT2D eigenvalue weighted by atomic mass is 9.97. The topological polar surface area (TPSA) is 228 Å². The summed E-state index contributed by atoms with van der Waals surface area (Å²) in [5.74, 6) is -0.244. The van der Waals surface area contributed by atoms with E-state index in [4.69, 9.17) is 18.9 Å². The normalized spacial score (nSPS) is 21.5. The molecule has 12 unspecified atom stereocenters. The quantitative estimate of drug-likeness (QED) is 0.0204. The second-order valence-corrected chi connectivity index (χ2v) is 32.1. The fraction of sp³-hybridized carbons (Fsp3) is 0.901. The number of nitrogens with one attached hydrogen (secondary N) is 1. The highest BCUT2D eigenvalue weighted by atomic mass is 16.7. The van der Waals surface area contributed by atoms with E-state index in [-0.39, 0.29) is 18.9 Å². The molecule has 0 bridgehead atoms. The van der Waals surface area contributed by atoms with Gasteiger partial charge in [0.05, 0.1) is 32.0 Å². The minimum Gasteiger partial charge on any atom is -0.394 e. The molecule has 2 fully saturated rings. The molecule has 2 heterocycles. The summed E-state index contributed by atoms with van der Waals surface area (Å²) in [5.41, 5.74) is 0. The maximum atomic E-state index is 13.4. The summed E-state index contributed by atoms with van der Waals surface area (Å²) >= 11 is 0. The zero-order valence-corrected chi connectivity index (χ0v) is 68.2. The third-order valence-corrected chi connectivity index (χ3v) is 22.2. The summed E-state index contributed by atoms with van der Waals surface area (Å²) in [5, 5.41) is 87.8. The van der Waals surface area contributed by atoms with Crippen LogP contribution in [0.25, 0.3) is 0 Å². The maximum absolute atomic E-state index is 13.4. The Balaban J connectivity index is 1.56. The van der Waals surface area contributed by atoms with Gasteiger partial charge in [-0.05, 0) is 70.6 Å². The van der Waals surface area contributed by atoms with Crippen LogP contribution < -0.4 is 5.32 Å². The predicted molar refractivity (Wildman–Crippen MR) is 438 cm³/mol. The van der Waals surface area contributed by atoms with Crippen LogP contribution in [0.2, 0.25) is 0 Å². The number of rotatable bonds is 78. The average Bonchev–Trinajstić information content (AvgIpc) is 0.769. The van der Waals surface area contributed by atoms with E-state index in [1.165, 1.54) is 353 Å². The van der Waals surface area contributed by atoms with Crippen molar-refractivity contribution in [2.75, 3.05) is 19.8 Å². The second-order valence-electron chi connectivity index (χ2n) is 32.1. The lowest BCUT2D eigenvalue weighted by molar-refractivity contribution is -0.359. The fourth-order valence-corrected chi connectivity index (χ4v) is 15.1. The van der Waals surface area contributed by atoms with Gasteiger partial charge >= 0.3 is 0 Å². The van der Waals surface area contributed by atoms with Gasteiger partial charge in [0, 0.05) is 6.42 Å². The van der Waals surface area contributed by atoms with E-state index in [1.54, 1.807) is 6.08 Å². The lowest BCUT2D eigenvalue weighted by Crippen LogP contribution is -2.65. The van der Waals surface area contributed by atoms with Crippen molar-refractivity contribution in [1.29, 1.82) is 0 Å². The number of unbranched alkanes of at least 4 members (excludes halogenated alkanes) is 59. The van der Waals surface area contributed by atoms with Crippen molar-refractivity contribution in [2.24, 2.45) is 0 Å². The van der Waals surface area contributed by atoms with Gasteiger partial charge in [-0.25, -0.2) is 0 Å². The van der Waals surface area contributed by atoms with Crippen LogP contribution in [-0.4, -0.2) is 140 Å². The van der Waals surface area contributed by atoms with Crippen LogP contribution in [0.15, 0.2) is 48.6 Å². The molecule has 0 aromatic carbocycles. The second kappa shape index (κ2) is 74.7. The summed E-state index contributed by atoms with van der Waals surface area (Å²) in [7, 11) is 0. The molecule has 105 heavy (non-hydrogen) atoms. The van der Waals surface area contributed by atoms with Gasteiger partial charge in [-0.2, -0.15) is 0 Å². The van der Waals surface area contributed by atoms with Gasteiger partial charge in [-0.15, -0.1) is 0 Å². The molecule has 0 aromatic heterocycles. The number of carbonyl (C=O) groups excluding carboxylic acids is 1. The van der Waals surface area contributed by atoms with Crippen LogP contribution in [0, 0.1) is 0 Å². The maximum Gasteiger partial charge on any atom is 0.220 e. The molecular weight excluding hydrogens is 1310 g/mol. The Labute approximate surface area is 645 Å². The van der Waals surface area contributed by atoms with Gasteiger partial charge in [-0.1, -0.05) is 403 Å².